The van der Waals surface area contributed by atoms with Crippen LogP contribution in [0.25, 0.3) is 0 Å². The van der Waals surface area contributed by atoms with E-state index in [4.69, 9.17) is 0 Å². The molecule has 0 aliphatic carbocycles. The zero-order chi connectivity index (χ0) is 18.9. The van der Waals surface area contributed by atoms with Crippen molar-refractivity contribution in [3.63, 3.8) is 0 Å². The summed E-state index contributed by atoms with van der Waals surface area (Å²) in [6.45, 7) is 4.98. The highest BCUT2D eigenvalue weighted by Crippen LogP contribution is 2.16. The summed E-state index contributed by atoms with van der Waals surface area (Å²) in [6.07, 6.45) is 3.90. The number of hydrogen-bond donors (Lipinski definition) is 2. The van der Waals surface area contributed by atoms with Crippen LogP contribution in [-0.2, 0) is 16.3 Å². The molecule has 0 heterocycles. The normalized spacial score (nSPS) is 14.3. The van der Waals surface area contributed by atoms with Gasteiger partial charge in [0.1, 0.15) is 9.84 Å². The lowest BCUT2D eigenvalue weighted by Crippen LogP contribution is -2.44. The number of halogens is 2. The van der Waals surface area contributed by atoms with Gasteiger partial charge < -0.3 is 10.6 Å². The molecule has 2 unspecified atom stereocenters. The van der Waals surface area contributed by atoms with E-state index in [0.29, 0.717) is 18.3 Å². The molecular formula is C18H31BrIN3O2S. The van der Waals surface area contributed by atoms with Crippen molar-refractivity contribution in [2.24, 2.45) is 10.9 Å². The van der Waals surface area contributed by atoms with Crippen molar-refractivity contribution in [2.75, 3.05) is 25.6 Å². The second-order valence-corrected chi connectivity index (χ2v) is 9.70. The Balaban J connectivity index is 0.00000625. The molecule has 1 aromatic rings. The van der Waals surface area contributed by atoms with Crippen LogP contribution in [-0.4, -0.2) is 46.0 Å². The Kier molecular flexibility index (Phi) is 12.8. The smallest absolute Gasteiger partial charge is 0.191 e. The van der Waals surface area contributed by atoms with E-state index in [0.717, 1.165) is 23.9 Å². The second-order valence-electron chi connectivity index (χ2n) is 6.53. The third-order valence-corrected chi connectivity index (χ3v) is 5.55. The Bertz CT molecular complexity index is 668. The van der Waals surface area contributed by atoms with E-state index in [9.17, 15) is 8.42 Å². The standard InChI is InChI=1S/C18H30BrN3O2S.HI/c1-5-15(11-16-7-6-8-17(19)12-16)13-21-18(20-3)22-14(2)9-10-25(4,23)24;/h6-8,12,14-15H,5,9-11,13H2,1-4H3,(H2,20,21,22);1H. The highest BCUT2D eigenvalue weighted by molar-refractivity contribution is 14.0. The number of guanidine groups is 1. The molecular weight excluding hydrogens is 529 g/mol. The van der Waals surface area contributed by atoms with E-state index in [1.54, 1.807) is 7.05 Å². The Labute approximate surface area is 183 Å². The molecule has 0 aliphatic heterocycles. The van der Waals surface area contributed by atoms with E-state index in [1.165, 1.54) is 11.8 Å². The number of hydrogen-bond acceptors (Lipinski definition) is 3. The van der Waals surface area contributed by atoms with Crippen molar-refractivity contribution < 1.29 is 8.42 Å². The Morgan fingerprint density at radius 2 is 2.04 bits per heavy atom. The summed E-state index contributed by atoms with van der Waals surface area (Å²) in [4.78, 5) is 4.24. The molecule has 0 saturated carbocycles. The van der Waals surface area contributed by atoms with Gasteiger partial charge in [0.05, 0.1) is 5.75 Å². The van der Waals surface area contributed by atoms with Crippen LogP contribution in [0.1, 0.15) is 32.3 Å². The van der Waals surface area contributed by atoms with Crippen LogP contribution in [0.4, 0.5) is 0 Å². The minimum absolute atomic E-state index is 0. The molecule has 0 aliphatic rings. The van der Waals surface area contributed by atoms with E-state index >= 15 is 0 Å². The van der Waals surface area contributed by atoms with Crippen LogP contribution in [0.3, 0.4) is 0 Å². The van der Waals surface area contributed by atoms with Crippen molar-refractivity contribution in [2.45, 2.75) is 39.2 Å². The SMILES string of the molecule is CCC(CNC(=NC)NC(C)CCS(C)(=O)=O)Cc1cccc(Br)c1.I. The zero-order valence-corrected chi connectivity index (χ0v) is 20.7. The van der Waals surface area contributed by atoms with Crippen molar-refractivity contribution >= 4 is 55.7 Å². The Morgan fingerprint density at radius 1 is 1.35 bits per heavy atom. The summed E-state index contributed by atoms with van der Waals surface area (Å²) in [5, 5.41) is 6.62. The van der Waals surface area contributed by atoms with Gasteiger partial charge in [0.2, 0.25) is 0 Å². The predicted molar refractivity (Wildman–Crippen MR) is 125 cm³/mol. The van der Waals surface area contributed by atoms with Crippen LogP contribution < -0.4 is 10.6 Å². The van der Waals surface area contributed by atoms with E-state index < -0.39 is 9.84 Å². The molecule has 0 fully saturated rings. The van der Waals surface area contributed by atoms with Gasteiger partial charge in [-0.3, -0.25) is 4.99 Å². The average Bonchev–Trinajstić information content (AvgIpc) is 2.54. The molecule has 1 aromatic carbocycles. The lowest BCUT2D eigenvalue weighted by molar-refractivity contribution is 0.490. The van der Waals surface area contributed by atoms with E-state index in [-0.39, 0.29) is 35.8 Å². The van der Waals surface area contributed by atoms with Crippen molar-refractivity contribution in [1.82, 2.24) is 10.6 Å². The van der Waals surface area contributed by atoms with Crippen LogP contribution in [0, 0.1) is 5.92 Å². The van der Waals surface area contributed by atoms with Crippen molar-refractivity contribution in [3.05, 3.63) is 34.3 Å². The van der Waals surface area contributed by atoms with Gasteiger partial charge in [0.25, 0.3) is 0 Å². The number of nitrogens with zero attached hydrogens (tertiary/aromatic N) is 1. The first-order chi connectivity index (χ1) is 11.7. The number of aliphatic imine (C=N–C) groups is 1. The second kappa shape index (κ2) is 12.9. The number of nitrogens with one attached hydrogen (secondary N) is 2. The maximum atomic E-state index is 11.3. The molecule has 0 spiro atoms. The summed E-state index contributed by atoms with van der Waals surface area (Å²) >= 11 is 3.52. The first-order valence-electron chi connectivity index (χ1n) is 8.62. The third kappa shape index (κ3) is 11.4. The van der Waals surface area contributed by atoms with Gasteiger partial charge in [0, 0.05) is 30.4 Å². The van der Waals surface area contributed by atoms with Gasteiger partial charge in [-0.05, 0) is 43.4 Å². The Hall–Kier alpha value is -0.350. The average molecular weight is 560 g/mol. The van der Waals surface area contributed by atoms with Crippen LogP contribution in [0.2, 0.25) is 0 Å². The summed E-state index contributed by atoms with van der Waals surface area (Å²) in [5.74, 6) is 1.39. The fourth-order valence-corrected chi connectivity index (χ4v) is 3.72. The molecule has 0 bridgehead atoms. The number of sulfone groups is 1. The minimum Gasteiger partial charge on any atom is -0.356 e. The molecule has 5 nitrogen and oxygen atoms in total. The van der Waals surface area contributed by atoms with Crippen molar-refractivity contribution in [3.8, 4) is 0 Å². The molecule has 0 aromatic heterocycles. The number of benzene rings is 1. The fourth-order valence-electron chi connectivity index (χ4n) is 2.49. The summed E-state index contributed by atoms with van der Waals surface area (Å²) in [7, 11) is -1.20. The largest absolute Gasteiger partial charge is 0.356 e. The number of rotatable bonds is 9. The topological polar surface area (TPSA) is 70.6 Å². The Morgan fingerprint density at radius 3 is 2.58 bits per heavy atom. The van der Waals surface area contributed by atoms with Gasteiger partial charge >= 0.3 is 0 Å². The first kappa shape index (κ1) is 25.6. The molecule has 2 N–H and O–H groups in total. The predicted octanol–water partition coefficient (Wildman–Crippen LogP) is 3.62. The molecule has 1 rings (SSSR count). The van der Waals surface area contributed by atoms with Crippen LogP contribution in [0.15, 0.2) is 33.7 Å². The molecule has 0 saturated heterocycles. The fraction of sp³-hybridized carbons (Fsp3) is 0.611. The zero-order valence-electron chi connectivity index (χ0n) is 16.0. The van der Waals surface area contributed by atoms with Gasteiger partial charge in [-0.15, -0.1) is 24.0 Å². The van der Waals surface area contributed by atoms with Crippen LogP contribution >= 0.6 is 39.9 Å². The lowest BCUT2D eigenvalue weighted by atomic mass is 9.97. The monoisotopic (exact) mass is 559 g/mol. The molecule has 150 valence electrons. The van der Waals surface area contributed by atoms with Gasteiger partial charge in [-0.2, -0.15) is 0 Å². The third-order valence-electron chi connectivity index (χ3n) is 4.08. The summed E-state index contributed by atoms with van der Waals surface area (Å²) < 4.78 is 23.6. The summed E-state index contributed by atoms with van der Waals surface area (Å²) in [5.41, 5.74) is 1.31. The maximum absolute atomic E-state index is 11.3. The summed E-state index contributed by atoms with van der Waals surface area (Å²) in [6, 6.07) is 8.44. The van der Waals surface area contributed by atoms with Gasteiger partial charge in [-0.1, -0.05) is 41.4 Å². The quantitative estimate of drug-likeness (QED) is 0.275. The highest BCUT2D eigenvalue weighted by Gasteiger charge is 2.12. The van der Waals surface area contributed by atoms with Gasteiger partial charge in [0.15, 0.2) is 5.96 Å². The molecule has 2 atom stereocenters. The molecule has 26 heavy (non-hydrogen) atoms. The first-order valence-corrected chi connectivity index (χ1v) is 11.5. The van der Waals surface area contributed by atoms with Crippen molar-refractivity contribution in [1.29, 1.82) is 0 Å². The van der Waals surface area contributed by atoms with Gasteiger partial charge in [-0.25, -0.2) is 8.42 Å². The molecule has 0 radical (unpaired) electrons. The highest BCUT2D eigenvalue weighted by atomic mass is 127. The molecule has 8 heteroatoms. The van der Waals surface area contributed by atoms with E-state index in [1.807, 2.05) is 13.0 Å². The minimum atomic E-state index is -2.93. The van der Waals surface area contributed by atoms with Crippen LogP contribution in [0.5, 0.6) is 0 Å². The lowest BCUT2D eigenvalue weighted by Gasteiger charge is -2.21. The molecule has 0 amide bonds. The maximum Gasteiger partial charge on any atom is 0.191 e. The van der Waals surface area contributed by atoms with E-state index in [2.05, 4.69) is 56.7 Å².